The van der Waals surface area contributed by atoms with Gasteiger partial charge in [-0.15, -0.1) is 6.58 Å². The summed E-state index contributed by atoms with van der Waals surface area (Å²) in [7, 11) is 4.08. The molecule has 0 spiro atoms. The largest absolute Gasteiger partial charge is 1.00 e. The van der Waals surface area contributed by atoms with Crippen LogP contribution in [0.3, 0.4) is 0 Å². The second-order valence-corrected chi connectivity index (χ2v) is 2.43. The molecule has 62 valence electrons. The minimum Gasteiger partial charge on any atom is -1.00 e. The van der Waals surface area contributed by atoms with Crippen LogP contribution in [0.2, 0.25) is 0 Å². The molecule has 0 saturated heterocycles. The highest BCUT2D eigenvalue weighted by molar-refractivity contribution is 4.88. The lowest BCUT2D eigenvalue weighted by molar-refractivity contribution is -0.678. The summed E-state index contributed by atoms with van der Waals surface area (Å²) in [5.74, 6) is 1.27. The van der Waals surface area contributed by atoms with Crippen molar-refractivity contribution in [1.29, 1.82) is 0 Å². The summed E-state index contributed by atoms with van der Waals surface area (Å²) < 4.78 is 4.20. The average molecular weight is 173 g/mol. The molecular formula is C8H13ClN2. The van der Waals surface area contributed by atoms with E-state index in [0.717, 1.165) is 6.42 Å². The molecule has 0 aliphatic heterocycles. The normalized spacial score (nSPS) is 8.91. The molecule has 1 aromatic rings. The topological polar surface area (TPSA) is 8.81 Å². The van der Waals surface area contributed by atoms with E-state index >= 15 is 0 Å². The highest BCUT2D eigenvalue weighted by Crippen LogP contribution is 1.91. The smallest absolute Gasteiger partial charge is 0.259 e. The number of rotatable bonds is 2. The summed E-state index contributed by atoms with van der Waals surface area (Å²) in [4.78, 5) is 0. The molecule has 11 heavy (non-hydrogen) atoms. The summed E-state index contributed by atoms with van der Waals surface area (Å²) in [6, 6.07) is 0. The van der Waals surface area contributed by atoms with Gasteiger partial charge in [-0.2, -0.15) is 0 Å². The number of imidazole rings is 1. The van der Waals surface area contributed by atoms with Crippen LogP contribution in [0.1, 0.15) is 5.82 Å². The standard InChI is InChI=1S/C8H13N2.ClH/c1-4-5-8-9(2)6-7-10(8)3;/h4,6-7H,1,5H2,2-3H3;1H/q+1;/p-1. The van der Waals surface area contributed by atoms with Gasteiger partial charge in [0, 0.05) is 0 Å². The van der Waals surface area contributed by atoms with Gasteiger partial charge < -0.3 is 12.4 Å². The van der Waals surface area contributed by atoms with Gasteiger partial charge in [-0.1, -0.05) is 6.08 Å². The summed E-state index contributed by atoms with van der Waals surface area (Å²) in [5, 5.41) is 0. The lowest BCUT2D eigenvalue weighted by Gasteiger charge is -1.91. The van der Waals surface area contributed by atoms with Gasteiger partial charge in [0.05, 0.1) is 20.5 Å². The van der Waals surface area contributed by atoms with Crippen molar-refractivity contribution in [3.8, 4) is 0 Å². The fourth-order valence-electron chi connectivity index (χ4n) is 1.04. The van der Waals surface area contributed by atoms with E-state index in [1.165, 1.54) is 5.82 Å². The van der Waals surface area contributed by atoms with Crippen molar-refractivity contribution in [3.63, 3.8) is 0 Å². The highest BCUT2D eigenvalue weighted by Gasteiger charge is 2.06. The summed E-state index contributed by atoms with van der Waals surface area (Å²) in [6.45, 7) is 3.69. The van der Waals surface area contributed by atoms with Gasteiger partial charge in [0.15, 0.2) is 0 Å². The Hall–Kier alpha value is -0.760. The second kappa shape index (κ2) is 4.19. The predicted octanol–water partition coefficient (Wildman–Crippen LogP) is -2.42. The fourth-order valence-corrected chi connectivity index (χ4v) is 1.04. The maximum absolute atomic E-state index is 3.69. The first-order chi connectivity index (χ1) is 4.75. The van der Waals surface area contributed by atoms with Gasteiger partial charge >= 0.3 is 0 Å². The lowest BCUT2D eigenvalue weighted by Crippen LogP contribution is -3.00. The highest BCUT2D eigenvalue weighted by atomic mass is 35.5. The monoisotopic (exact) mass is 172 g/mol. The molecule has 0 fully saturated rings. The molecule has 0 N–H and O–H groups in total. The van der Waals surface area contributed by atoms with Gasteiger partial charge in [-0.05, 0) is 0 Å². The number of aryl methyl sites for hydroxylation is 2. The van der Waals surface area contributed by atoms with E-state index in [1.54, 1.807) is 0 Å². The Labute approximate surface area is 73.6 Å². The molecule has 0 atom stereocenters. The molecule has 0 unspecified atom stereocenters. The van der Waals surface area contributed by atoms with Crippen molar-refractivity contribution in [1.82, 2.24) is 4.57 Å². The number of hydrogen-bond acceptors (Lipinski definition) is 0. The quantitative estimate of drug-likeness (QED) is 0.347. The van der Waals surface area contributed by atoms with Crippen LogP contribution >= 0.6 is 0 Å². The Kier molecular flexibility index (Phi) is 3.90. The first-order valence-corrected chi connectivity index (χ1v) is 3.36. The average Bonchev–Trinajstić information content (AvgIpc) is 2.20. The molecule has 1 heterocycles. The molecule has 0 aliphatic carbocycles. The molecule has 2 nitrogen and oxygen atoms in total. The van der Waals surface area contributed by atoms with Crippen molar-refractivity contribution < 1.29 is 17.0 Å². The fraction of sp³-hybridized carbons (Fsp3) is 0.375. The van der Waals surface area contributed by atoms with Gasteiger partial charge in [0.2, 0.25) is 0 Å². The molecule has 1 rings (SSSR count). The molecule has 0 radical (unpaired) electrons. The Morgan fingerprint density at radius 3 is 2.73 bits per heavy atom. The molecule has 0 saturated carbocycles. The van der Waals surface area contributed by atoms with Crippen LogP contribution in [0.4, 0.5) is 0 Å². The van der Waals surface area contributed by atoms with Crippen molar-refractivity contribution in [2.75, 3.05) is 0 Å². The van der Waals surface area contributed by atoms with Crippen molar-refractivity contribution in [2.45, 2.75) is 6.42 Å². The van der Waals surface area contributed by atoms with Crippen LogP contribution in [-0.2, 0) is 20.5 Å². The third-order valence-corrected chi connectivity index (χ3v) is 1.66. The third-order valence-electron chi connectivity index (χ3n) is 1.66. The first-order valence-electron chi connectivity index (χ1n) is 3.36. The van der Waals surface area contributed by atoms with Crippen LogP contribution in [0.25, 0.3) is 0 Å². The van der Waals surface area contributed by atoms with E-state index in [1.807, 2.05) is 32.6 Å². The van der Waals surface area contributed by atoms with Gasteiger partial charge in [-0.25, -0.2) is 9.13 Å². The van der Waals surface area contributed by atoms with Crippen LogP contribution in [0.5, 0.6) is 0 Å². The van der Waals surface area contributed by atoms with Crippen LogP contribution in [-0.4, -0.2) is 4.57 Å². The second-order valence-electron chi connectivity index (χ2n) is 2.43. The Balaban J connectivity index is 0.000001000. The molecule has 3 heteroatoms. The Morgan fingerprint density at radius 1 is 1.73 bits per heavy atom. The maximum Gasteiger partial charge on any atom is 0.259 e. The van der Waals surface area contributed by atoms with E-state index in [4.69, 9.17) is 0 Å². The van der Waals surface area contributed by atoms with E-state index < -0.39 is 0 Å². The van der Waals surface area contributed by atoms with E-state index in [0.29, 0.717) is 0 Å². The van der Waals surface area contributed by atoms with Gasteiger partial charge in [0.1, 0.15) is 12.4 Å². The van der Waals surface area contributed by atoms with E-state index in [2.05, 4.69) is 15.7 Å². The van der Waals surface area contributed by atoms with Crippen molar-refractivity contribution >= 4 is 0 Å². The zero-order chi connectivity index (χ0) is 7.56. The van der Waals surface area contributed by atoms with Gasteiger partial charge in [0.25, 0.3) is 5.82 Å². The third kappa shape index (κ3) is 2.09. The lowest BCUT2D eigenvalue weighted by atomic mass is 10.4. The zero-order valence-corrected chi connectivity index (χ0v) is 7.67. The Bertz CT molecular complexity index is 221. The predicted molar refractivity (Wildman–Crippen MR) is 40.5 cm³/mol. The van der Waals surface area contributed by atoms with Crippen LogP contribution < -0.4 is 17.0 Å². The first kappa shape index (κ1) is 10.2. The van der Waals surface area contributed by atoms with Crippen LogP contribution in [0, 0.1) is 0 Å². The summed E-state index contributed by atoms with van der Waals surface area (Å²) in [5.41, 5.74) is 0. The summed E-state index contributed by atoms with van der Waals surface area (Å²) in [6.07, 6.45) is 6.92. The summed E-state index contributed by atoms with van der Waals surface area (Å²) >= 11 is 0. The SMILES string of the molecule is C=CCc1n(C)cc[n+]1C.[Cl-]. The zero-order valence-electron chi connectivity index (χ0n) is 6.92. The molecule has 0 amide bonds. The number of halogens is 1. The number of allylic oxidation sites excluding steroid dienone is 1. The molecule has 0 aromatic carbocycles. The number of nitrogens with zero attached hydrogens (tertiary/aromatic N) is 2. The number of aromatic nitrogens is 2. The minimum absolute atomic E-state index is 0. The minimum atomic E-state index is 0. The van der Waals surface area contributed by atoms with E-state index in [9.17, 15) is 0 Å². The van der Waals surface area contributed by atoms with Crippen LogP contribution in [0.15, 0.2) is 25.0 Å². The van der Waals surface area contributed by atoms with Crippen molar-refractivity contribution in [3.05, 3.63) is 30.9 Å². The molecule has 1 aromatic heterocycles. The van der Waals surface area contributed by atoms with Crippen molar-refractivity contribution in [2.24, 2.45) is 14.1 Å². The number of hydrogen-bond donors (Lipinski definition) is 0. The molecule has 0 bridgehead atoms. The Morgan fingerprint density at radius 2 is 2.36 bits per heavy atom. The molecular weight excluding hydrogens is 160 g/mol. The molecule has 0 aliphatic rings. The van der Waals surface area contributed by atoms with Gasteiger partial charge in [-0.3, -0.25) is 0 Å². The van der Waals surface area contributed by atoms with E-state index in [-0.39, 0.29) is 12.4 Å². The maximum atomic E-state index is 3.69.